The van der Waals surface area contributed by atoms with Crippen molar-refractivity contribution in [1.29, 1.82) is 0 Å². The van der Waals surface area contributed by atoms with E-state index in [-0.39, 0.29) is 17.8 Å². The molecule has 44 heavy (non-hydrogen) atoms. The number of nitrogens with zero attached hydrogens (tertiary/aromatic N) is 8. The number of ether oxygens (including phenoxy) is 3. The number of amides is 1. The molecule has 1 saturated carbocycles. The zero-order chi connectivity index (χ0) is 30.0. The molecular formula is C30H35N9O5. The molecule has 14 nitrogen and oxygen atoms in total. The van der Waals surface area contributed by atoms with Crippen LogP contribution in [0, 0.1) is 5.92 Å². The van der Waals surface area contributed by atoms with Crippen LogP contribution in [0.4, 0.5) is 11.6 Å². The second-order valence-corrected chi connectivity index (χ2v) is 11.0. The van der Waals surface area contributed by atoms with E-state index in [2.05, 4.69) is 32.1 Å². The van der Waals surface area contributed by atoms with Gasteiger partial charge in [0.25, 0.3) is 0 Å². The van der Waals surface area contributed by atoms with Crippen molar-refractivity contribution >= 4 is 34.2 Å². The summed E-state index contributed by atoms with van der Waals surface area (Å²) < 4.78 is 24.9. The second-order valence-electron chi connectivity index (χ2n) is 11.0. The molecule has 1 amide bonds. The van der Waals surface area contributed by atoms with Crippen LogP contribution in [0.1, 0.15) is 18.9 Å². The van der Waals surface area contributed by atoms with Gasteiger partial charge in [-0.15, -0.1) is 5.10 Å². The highest BCUT2D eigenvalue weighted by Crippen LogP contribution is 2.41. The van der Waals surface area contributed by atoms with Crippen LogP contribution in [0.15, 0.2) is 53.3 Å². The minimum atomic E-state index is -0.403. The van der Waals surface area contributed by atoms with Gasteiger partial charge in [0.1, 0.15) is 18.4 Å². The molecule has 2 fully saturated rings. The number of rotatable bonds is 12. The molecule has 5 heterocycles. The first-order valence-corrected chi connectivity index (χ1v) is 14.9. The van der Waals surface area contributed by atoms with Crippen molar-refractivity contribution < 1.29 is 23.4 Å². The molecule has 4 aromatic heterocycles. The molecule has 1 aliphatic heterocycles. The number of carbonyl (C=O) groups excluding carboxylic acids is 1. The average Bonchev–Trinajstić information content (AvgIpc) is 3.39. The first-order chi connectivity index (χ1) is 21.6. The summed E-state index contributed by atoms with van der Waals surface area (Å²) in [5, 5.41) is 9.87. The molecule has 1 atom stereocenters. The molecule has 7 rings (SSSR count). The average molecular weight is 602 g/mol. The summed E-state index contributed by atoms with van der Waals surface area (Å²) in [5.74, 6) is 2.22. The Hall–Kier alpha value is -4.69. The van der Waals surface area contributed by atoms with Gasteiger partial charge in [-0.2, -0.15) is 14.6 Å². The first-order valence-electron chi connectivity index (χ1n) is 14.9. The predicted octanol–water partition coefficient (Wildman–Crippen LogP) is 2.66. The number of nitrogen functional groups attached to an aromatic ring is 1. The Labute approximate surface area is 253 Å². The topological polar surface area (TPSA) is 151 Å². The van der Waals surface area contributed by atoms with Crippen LogP contribution in [-0.2, 0) is 14.3 Å². The molecule has 1 aliphatic carbocycles. The van der Waals surface area contributed by atoms with Gasteiger partial charge < -0.3 is 34.2 Å². The van der Waals surface area contributed by atoms with E-state index in [0.717, 1.165) is 37.4 Å². The summed E-state index contributed by atoms with van der Waals surface area (Å²) >= 11 is 0. The third-order valence-corrected chi connectivity index (χ3v) is 8.07. The van der Waals surface area contributed by atoms with Gasteiger partial charge in [-0.1, -0.05) is 0 Å². The fourth-order valence-electron chi connectivity index (χ4n) is 5.61. The number of aromatic nitrogens is 6. The normalized spacial score (nSPS) is 16.2. The van der Waals surface area contributed by atoms with Gasteiger partial charge in [0.2, 0.25) is 17.7 Å². The molecule has 1 saturated heterocycles. The van der Waals surface area contributed by atoms with Gasteiger partial charge in [-0.3, -0.25) is 9.48 Å². The van der Waals surface area contributed by atoms with E-state index in [4.69, 9.17) is 29.5 Å². The number of hydrogen-bond acceptors (Lipinski definition) is 11. The lowest BCUT2D eigenvalue weighted by Crippen LogP contribution is -2.51. The number of fused-ring (bicyclic) bond motifs is 3. The monoisotopic (exact) mass is 601 g/mol. The fraction of sp³-hybridized carbons (Fsp3) is 0.433. The molecule has 2 N–H and O–H groups in total. The lowest BCUT2D eigenvalue weighted by atomic mass is 10.1. The molecule has 0 bridgehead atoms. The number of hydrogen-bond donors (Lipinski definition) is 1. The van der Waals surface area contributed by atoms with Gasteiger partial charge in [-0.25, -0.2) is 4.98 Å². The standard InChI is InChI=1S/C30H35N9O5/c1-41-15-16-42-17-18-43-22-8-6-21(7-9-22)36-10-12-37(13-11-36)29(40)25(20-4-5-20)38-19-23-26(34-38)33-30(31)39-28(23)32-27(35-39)24-3-2-14-44-24/h2-3,6-9,14,19-20,25H,4-5,10-13,15-18H2,1H3,(H2,31,33,34). The number of carbonyl (C=O) groups is 1. The Balaban J connectivity index is 1.01. The fourth-order valence-corrected chi connectivity index (χ4v) is 5.61. The summed E-state index contributed by atoms with van der Waals surface area (Å²) in [7, 11) is 1.65. The molecule has 230 valence electrons. The zero-order valence-electron chi connectivity index (χ0n) is 24.5. The highest BCUT2D eigenvalue weighted by Gasteiger charge is 2.41. The Bertz CT molecular complexity index is 1720. The van der Waals surface area contributed by atoms with Crippen molar-refractivity contribution in [2.24, 2.45) is 5.92 Å². The minimum absolute atomic E-state index is 0.0816. The van der Waals surface area contributed by atoms with Crippen molar-refractivity contribution in [1.82, 2.24) is 34.3 Å². The molecule has 1 unspecified atom stereocenters. The Morgan fingerprint density at radius 1 is 1.02 bits per heavy atom. The summed E-state index contributed by atoms with van der Waals surface area (Å²) in [5.41, 5.74) is 8.27. The van der Waals surface area contributed by atoms with Crippen LogP contribution in [0.2, 0.25) is 0 Å². The predicted molar refractivity (Wildman–Crippen MR) is 161 cm³/mol. The van der Waals surface area contributed by atoms with E-state index in [1.807, 2.05) is 23.2 Å². The van der Waals surface area contributed by atoms with Gasteiger partial charge in [0.05, 0.1) is 31.5 Å². The maximum absolute atomic E-state index is 13.9. The van der Waals surface area contributed by atoms with Gasteiger partial charge in [0.15, 0.2) is 17.1 Å². The van der Waals surface area contributed by atoms with Crippen LogP contribution in [-0.4, -0.2) is 99.9 Å². The van der Waals surface area contributed by atoms with E-state index in [1.54, 1.807) is 30.2 Å². The number of methoxy groups -OCH3 is 1. The largest absolute Gasteiger partial charge is 0.491 e. The van der Waals surface area contributed by atoms with E-state index in [9.17, 15) is 4.79 Å². The summed E-state index contributed by atoms with van der Waals surface area (Å²) in [4.78, 5) is 27.3. The van der Waals surface area contributed by atoms with Gasteiger partial charge in [-0.05, 0) is 55.2 Å². The molecule has 2 aliphatic rings. The molecule has 5 aromatic rings. The van der Waals surface area contributed by atoms with Crippen molar-refractivity contribution in [3.8, 4) is 17.3 Å². The first kappa shape index (κ1) is 28.1. The highest BCUT2D eigenvalue weighted by molar-refractivity contribution is 5.91. The zero-order valence-corrected chi connectivity index (χ0v) is 24.5. The lowest BCUT2D eigenvalue weighted by molar-refractivity contribution is -0.136. The molecule has 14 heteroatoms. The van der Waals surface area contributed by atoms with E-state index in [0.29, 0.717) is 67.8 Å². The maximum Gasteiger partial charge on any atom is 0.247 e. The SMILES string of the molecule is COCCOCCOc1ccc(N2CCN(C(=O)C(C3CC3)n3cc4c(nc(N)n5nc(-c6ccco6)nc45)n3)CC2)cc1. The lowest BCUT2D eigenvalue weighted by Gasteiger charge is -2.37. The number of nitrogens with two attached hydrogens (primary N) is 1. The maximum atomic E-state index is 13.9. The van der Waals surface area contributed by atoms with Crippen LogP contribution in [0.5, 0.6) is 5.75 Å². The van der Waals surface area contributed by atoms with E-state index in [1.165, 1.54) is 4.52 Å². The molecule has 1 aromatic carbocycles. The van der Waals surface area contributed by atoms with Gasteiger partial charge in [0, 0.05) is 45.2 Å². The summed E-state index contributed by atoms with van der Waals surface area (Å²) in [6.45, 7) is 4.87. The molecule has 0 radical (unpaired) electrons. The summed E-state index contributed by atoms with van der Waals surface area (Å²) in [6.07, 6.45) is 5.39. The quantitative estimate of drug-likeness (QED) is 0.210. The van der Waals surface area contributed by atoms with Crippen molar-refractivity contribution in [3.05, 3.63) is 48.9 Å². The third kappa shape index (κ3) is 5.65. The third-order valence-electron chi connectivity index (χ3n) is 8.07. The summed E-state index contributed by atoms with van der Waals surface area (Å²) in [6, 6.07) is 11.2. The highest BCUT2D eigenvalue weighted by atomic mass is 16.5. The second kappa shape index (κ2) is 12.1. The Morgan fingerprint density at radius 2 is 1.82 bits per heavy atom. The Kier molecular flexibility index (Phi) is 7.75. The smallest absolute Gasteiger partial charge is 0.247 e. The van der Waals surface area contributed by atoms with Crippen LogP contribution in [0.3, 0.4) is 0 Å². The number of piperazine rings is 1. The van der Waals surface area contributed by atoms with Crippen molar-refractivity contribution in [3.63, 3.8) is 0 Å². The Morgan fingerprint density at radius 3 is 2.55 bits per heavy atom. The van der Waals surface area contributed by atoms with Crippen LogP contribution < -0.4 is 15.4 Å². The number of benzene rings is 1. The van der Waals surface area contributed by atoms with E-state index >= 15 is 0 Å². The number of anilines is 2. The van der Waals surface area contributed by atoms with Crippen molar-refractivity contribution in [2.75, 3.05) is 70.3 Å². The number of furan rings is 1. The molecular weight excluding hydrogens is 566 g/mol. The van der Waals surface area contributed by atoms with Crippen LogP contribution in [0.25, 0.3) is 28.3 Å². The van der Waals surface area contributed by atoms with Crippen LogP contribution >= 0.6 is 0 Å². The van der Waals surface area contributed by atoms with E-state index < -0.39 is 6.04 Å². The van der Waals surface area contributed by atoms with Gasteiger partial charge >= 0.3 is 0 Å². The van der Waals surface area contributed by atoms with Crippen molar-refractivity contribution in [2.45, 2.75) is 18.9 Å². The minimum Gasteiger partial charge on any atom is -0.491 e. The molecule has 0 spiro atoms.